The summed E-state index contributed by atoms with van der Waals surface area (Å²) < 4.78 is 0. The lowest BCUT2D eigenvalue weighted by atomic mass is 10.1. The van der Waals surface area contributed by atoms with Gasteiger partial charge in [0.05, 0.1) is 4.92 Å². The van der Waals surface area contributed by atoms with E-state index in [1.807, 2.05) is 0 Å². The maximum absolute atomic E-state index is 12.2. The molecule has 1 aromatic carbocycles. The van der Waals surface area contributed by atoms with Crippen LogP contribution in [0.4, 0.5) is 5.69 Å². The van der Waals surface area contributed by atoms with Gasteiger partial charge in [-0.05, 0) is 31.4 Å². The number of nitro groups is 1. The van der Waals surface area contributed by atoms with Gasteiger partial charge in [-0.15, -0.1) is 11.6 Å². The number of halogens is 1. The van der Waals surface area contributed by atoms with Crippen LogP contribution in [-0.4, -0.2) is 35.2 Å². The number of nitro benzene ring substituents is 1. The predicted octanol–water partition coefficient (Wildman–Crippen LogP) is 3.38. The predicted molar refractivity (Wildman–Crippen MR) is 79.4 cm³/mol. The van der Waals surface area contributed by atoms with Crippen LogP contribution in [0.5, 0.6) is 0 Å². The Morgan fingerprint density at radius 2 is 2.00 bits per heavy atom. The molecule has 5 nitrogen and oxygen atoms in total. The van der Waals surface area contributed by atoms with Gasteiger partial charge in [0.2, 0.25) is 0 Å². The van der Waals surface area contributed by atoms with Gasteiger partial charge >= 0.3 is 0 Å². The number of hydrogen-bond donors (Lipinski definition) is 0. The van der Waals surface area contributed by atoms with E-state index in [0.29, 0.717) is 23.6 Å². The highest BCUT2D eigenvalue weighted by molar-refractivity contribution is 6.17. The minimum Gasteiger partial charge on any atom is -0.342 e. The third kappa shape index (κ3) is 4.81. The Labute approximate surface area is 123 Å². The number of alkyl halides is 1. The van der Waals surface area contributed by atoms with E-state index in [1.165, 1.54) is 12.1 Å². The Hall–Kier alpha value is -1.62. The fourth-order valence-corrected chi connectivity index (χ4v) is 2.12. The van der Waals surface area contributed by atoms with E-state index in [9.17, 15) is 14.9 Å². The van der Waals surface area contributed by atoms with E-state index in [4.69, 9.17) is 11.6 Å². The molecule has 6 heteroatoms. The second-order valence-corrected chi connectivity index (χ2v) is 5.17. The first-order chi connectivity index (χ1) is 9.45. The number of amides is 1. The van der Waals surface area contributed by atoms with E-state index in [2.05, 4.69) is 0 Å². The number of non-ortho nitro benzene ring substituents is 1. The van der Waals surface area contributed by atoms with Gasteiger partial charge in [-0.1, -0.05) is 6.42 Å². The molecule has 0 saturated carbocycles. The van der Waals surface area contributed by atoms with Crippen molar-refractivity contribution in [3.05, 3.63) is 39.4 Å². The zero-order valence-electron chi connectivity index (χ0n) is 11.8. The van der Waals surface area contributed by atoms with Crippen LogP contribution in [0.15, 0.2) is 18.2 Å². The maximum Gasteiger partial charge on any atom is 0.270 e. The van der Waals surface area contributed by atoms with Gasteiger partial charge in [0, 0.05) is 37.2 Å². The standard InChI is InChI=1S/C14H19ClN2O3/c1-11-8-12(10-13(9-11)17(19)20)14(18)16(2)7-5-3-4-6-15/h8-10H,3-7H2,1-2H3. The molecule has 110 valence electrons. The van der Waals surface area contributed by atoms with Crippen molar-refractivity contribution in [2.24, 2.45) is 0 Å². The second kappa shape index (κ2) is 7.85. The largest absolute Gasteiger partial charge is 0.342 e. The zero-order chi connectivity index (χ0) is 15.1. The minimum atomic E-state index is -0.482. The third-order valence-corrected chi connectivity index (χ3v) is 3.26. The number of benzene rings is 1. The smallest absolute Gasteiger partial charge is 0.270 e. The summed E-state index contributed by atoms with van der Waals surface area (Å²) in [4.78, 5) is 24.1. The van der Waals surface area contributed by atoms with Gasteiger partial charge in [-0.25, -0.2) is 0 Å². The topological polar surface area (TPSA) is 63.5 Å². The van der Waals surface area contributed by atoms with Crippen molar-refractivity contribution in [3.8, 4) is 0 Å². The highest BCUT2D eigenvalue weighted by atomic mass is 35.5. The molecule has 0 radical (unpaired) electrons. The number of carbonyl (C=O) groups is 1. The summed E-state index contributed by atoms with van der Waals surface area (Å²) in [7, 11) is 1.71. The third-order valence-electron chi connectivity index (χ3n) is 2.99. The summed E-state index contributed by atoms with van der Waals surface area (Å²) in [5, 5.41) is 10.8. The minimum absolute atomic E-state index is 0.0520. The molecule has 0 fully saturated rings. The molecule has 0 aliphatic heterocycles. The highest BCUT2D eigenvalue weighted by Gasteiger charge is 2.16. The summed E-state index contributed by atoms with van der Waals surface area (Å²) in [5.41, 5.74) is 1.01. The van der Waals surface area contributed by atoms with Crippen LogP contribution in [0.25, 0.3) is 0 Å². The van der Waals surface area contributed by atoms with E-state index >= 15 is 0 Å². The summed E-state index contributed by atoms with van der Waals surface area (Å²) in [6, 6.07) is 4.45. The van der Waals surface area contributed by atoms with Crippen LogP contribution in [0.3, 0.4) is 0 Å². The van der Waals surface area contributed by atoms with Crippen LogP contribution < -0.4 is 0 Å². The fraction of sp³-hybridized carbons (Fsp3) is 0.500. The Morgan fingerprint density at radius 1 is 1.30 bits per heavy atom. The van der Waals surface area contributed by atoms with Crippen LogP contribution in [0.1, 0.15) is 35.2 Å². The summed E-state index contributed by atoms with van der Waals surface area (Å²) >= 11 is 5.60. The molecule has 0 bridgehead atoms. The first-order valence-corrected chi connectivity index (χ1v) is 7.06. The molecule has 0 saturated heterocycles. The molecule has 0 aromatic heterocycles. The Kier molecular flexibility index (Phi) is 6.45. The Balaban J connectivity index is 2.73. The number of rotatable bonds is 7. The van der Waals surface area contributed by atoms with Crippen LogP contribution in [0.2, 0.25) is 0 Å². The molecular weight excluding hydrogens is 280 g/mol. The van der Waals surface area contributed by atoms with Crippen molar-refractivity contribution < 1.29 is 9.72 Å². The van der Waals surface area contributed by atoms with Crippen molar-refractivity contribution in [2.75, 3.05) is 19.5 Å². The summed E-state index contributed by atoms with van der Waals surface area (Å²) in [5.74, 6) is 0.435. The number of hydrogen-bond acceptors (Lipinski definition) is 3. The van der Waals surface area contributed by atoms with Gasteiger partial charge < -0.3 is 4.90 Å². The molecule has 1 rings (SSSR count). The van der Waals surface area contributed by atoms with Crippen molar-refractivity contribution in [1.82, 2.24) is 4.90 Å². The Bertz CT molecular complexity index is 491. The highest BCUT2D eigenvalue weighted by Crippen LogP contribution is 2.18. The molecule has 0 spiro atoms. The molecule has 0 unspecified atom stereocenters. The maximum atomic E-state index is 12.2. The Morgan fingerprint density at radius 3 is 2.60 bits per heavy atom. The monoisotopic (exact) mass is 298 g/mol. The second-order valence-electron chi connectivity index (χ2n) is 4.79. The first-order valence-electron chi connectivity index (χ1n) is 6.53. The molecule has 20 heavy (non-hydrogen) atoms. The van der Waals surface area contributed by atoms with Gasteiger partial charge in [0.1, 0.15) is 0 Å². The van der Waals surface area contributed by atoms with E-state index in [0.717, 1.165) is 19.3 Å². The molecule has 1 amide bonds. The van der Waals surface area contributed by atoms with Crippen molar-refractivity contribution in [1.29, 1.82) is 0 Å². The first kappa shape index (κ1) is 16.4. The number of carbonyl (C=O) groups excluding carboxylic acids is 1. The average Bonchev–Trinajstić information content (AvgIpc) is 2.41. The SMILES string of the molecule is Cc1cc(C(=O)N(C)CCCCCCl)cc([N+](=O)[O-])c1. The van der Waals surface area contributed by atoms with Crippen molar-refractivity contribution in [2.45, 2.75) is 26.2 Å². The van der Waals surface area contributed by atoms with Gasteiger partial charge in [0.25, 0.3) is 11.6 Å². The fourth-order valence-electron chi connectivity index (χ4n) is 1.93. The lowest BCUT2D eigenvalue weighted by molar-refractivity contribution is -0.384. The van der Waals surface area contributed by atoms with Crippen molar-refractivity contribution >= 4 is 23.2 Å². The van der Waals surface area contributed by atoms with E-state index in [1.54, 1.807) is 24.9 Å². The van der Waals surface area contributed by atoms with Gasteiger partial charge in [0.15, 0.2) is 0 Å². The molecule has 0 heterocycles. The average molecular weight is 299 g/mol. The quantitative estimate of drug-likeness (QED) is 0.335. The zero-order valence-corrected chi connectivity index (χ0v) is 12.5. The molecule has 0 atom stereocenters. The molecule has 0 aliphatic carbocycles. The van der Waals surface area contributed by atoms with E-state index in [-0.39, 0.29) is 11.6 Å². The van der Waals surface area contributed by atoms with Crippen LogP contribution >= 0.6 is 11.6 Å². The lowest BCUT2D eigenvalue weighted by Crippen LogP contribution is -2.27. The molecular formula is C14H19ClN2O3. The summed E-state index contributed by atoms with van der Waals surface area (Å²) in [6.07, 6.45) is 2.78. The lowest BCUT2D eigenvalue weighted by Gasteiger charge is -2.17. The number of aryl methyl sites for hydroxylation is 1. The normalized spacial score (nSPS) is 10.3. The van der Waals surface area contributed by atoms with Crippen LogP contribution in [0, 0.1) is 17.0 Å². The molecule has 1 aromatic rings. The number of nitrogens with zero attached hydrogens (tertiary/aromatic N) is 2. The van der Waals surface area contributed by atoms with Gasteiger partial charge in [-0.3, -0.25) is 14.9 Å². The number of unbranched alkanes of at least 4 members (excludes halogenated alkanes) is 2. The van der Waals surface area contributed by atoms with E-state index < -0.39 is 4.92 Å². The van der Waals surface area contributed by atoms with Gasteiger partial charge in [-0.2, -0.15) is 0 Å². The molecule has 0 N–H and O–H groups in total. The van der Waals surface area contributed by atoms with Crippen molar-refractivity contribution in [3.63, 3.8) is 0 Å². The molecule has 0 aliphatic rings. The summed E-state index contributed by atoms with van der Waals surface area (Å²) in [6.45, 7) is 2.36. The van der Waals surface area contributed by atoms with Crippen LogP contribution in [-0.2, 0) is 0 Å².